The van der Waals surface area contributed by atoms with Crippen LogP contribution < -0.4 is 37.6 Å². The number of rotatable bonds is 32. The maximum atomic E-state index is 14.4. The van der Waals surface area contributed by atoms with Gasteiger partial charge in [-0.2, -0.15) is 0 Å². The lowest BCUT2D eigenvalue weighted by atomic mass is 10.0. The van der Waals surface area contributed by atoms with Gasteiger partial charge >= 0.3 is 12.2 Å². The van der Waals surface area contributed by atoms with E-state index in [0.29, 0.717) is 50.6 Å². The van der Waals surface area contributed by atoms with Gasteiger partial charge < -0.3 is 56.7 Å². The molecule has 0 aliphatic rings. The summed E-state index contributed by atoms with van der Waals surface area (Å²) in [4.78, 5) is 82.1. The number of ether oxygens (including phenoxy) is 3. The molecule has 19 heteroatoms. The fourth-order valence-corrected chi connectivity index (χ4v) is 7.81. The van der Waals surface area contributed by atoms with Crippen molar-refractivity contribution in [3.63, 3.8) is 0 Å². The van der Waals surface area contributed by atoms with Gasteiger partial charge in [0.25, 0.3) is 0 Å². The van der Waals surface area contributed by atoms with Gasteiger partial charge in [-0.3, -0.25) is 24.6 Å². The number of nitrogens with two attached hydrogens (primary N) is 1. The Morgan fingerprint density at radius 1 is 0.560 bits per heavy atom. The molecule has 6 amide bonds. The first-order valence-electron chi connectivity index (χ1n) is 25.5. The van der Waals surface area contributed by atoms with Crippen molar-refractivity contribution < 1.29 is 43.0 Å². The second kappa shape index (κ2) is 35.1. The number of nitrogens with zero attached hydrogens (tertiary/aromatic N) is 1. The van der Waals surface area contributed by atoms with E-state index in [4.69, 9.17) is 25.4 Å². The van der Waals surface area contributed by atoms with E-state index in [1.807, 2.05) is 143 Å². The van der Waals surface area contributed by atoms with Crippen LogP contribution in [0.5, 0.6) is 0 Å². The van der Waals surface area contributed by atoms with Crippen LogP contribution >= 0.6 is 12.4 Å². The average molecular weight is 1060 g/mol. The Labute approximate surface area is 448 Å². The van der Waals surface area contributed by atoms with Crippen molar-refractivity contribution in [3.05, 3.63) is 138 Å². The summed E-state index contributed by atoms with van der Waals surface area (Å²) in [6.45, 7) is 9.05. The number of guanidine groups is 1. The van der Waals surface area contributed by atoms with Crippen molar-refractivity contribution in [2.45, 2.75) is 117 Å². The molecule has 0 aliphatic carbocycles. The van der Waals surface area contributed by atoms with Gasteiger partial charge in [-0.1, -0.05) is 131 Å². The molecule has 3 atom stereocenters. The number of amides is 6. The van der Waals surface area contributed by atoms with Crippen LogP contribution in [0.3, 0.4) is 0 Å². The minimum absolute atomic E-state index is 0. The Hall–Kier alpha value is -7.18. The van der Waals surface area contributed by atoms with Crippen LogP contribution in [-0.4, -0.2) is 97.6 Å². The second-order valence-electron chi connectivity index (χ2n) is 19.0. The summed E-state index contributed by atoms with van der Waals surface area (Å²) < 4.78 is 16.8. The first kappa shape index (κ1) is 62.1. The van der Waals surface area contributed by atoms with Crippen molar-refractivity contribution in [2.24, 2.45) is 17.6 Å². The summed E-state index contributed by atoms with van der Waals surface area (Å²) >= 11 is 0. The van der Waals surface area contributed by atoms with E-state index < -0.39 is 36.2 Å². The van der Waals surface area contributed by atoms with E-state index in [1.165, 1.54) is 0 Å². The molecule has 0 saturated heterocycles. The SMILES string of the molecule is CC(C)C[C@H](NC(=O)OCc1ccccc1)C(=O)NCCCN(CCCCNC(=O)[C@H](COCc1ccccc1)NC(=O)CCCc1ccc(NC(=N)N)cc1)C(=O)[C@H](CC(C)C)NC(=O)OCc1ccccc1.Cl. The number of carbonyl (C=O) groups is 6. The molecular formula is C56H78ClN9O9. The number of halogens is 1. The second-order valence-corrected chi connectivity index (χ2v) is 19.0. The number of benzene rings is 4. The molecule has 0 unspecified atom stereocenters. The largest absolute Gasteiger partial charge is 0.445 e. The Bertz CT molecular complexity index is 2330. The molecule has 0 bridgehead atoms. The minimum atomic E-state index is -0.962. The zero-order valence-corrected chi connectivity index (χ0v) is 44.6. The number of anilines is 1. The third-order valence-corrected chi connectivity index (χ3v) is 11.6. The predicted molar refractivity (Wildman–Crippen MR) is 293 cm³/mol. The van der Waals surface area contributed by atoms with E-state index in [2.05, 4.69) is 31.9 Å². The maximum Gasteiger partial charge on any atom is 0.408 e. The molecule has 0 aromatic heterocycles. The number of unbranched alkanes of at least 4 members (excludes halogenated alkanes) is 1. The molecule has 75 heavy (non-hydrogen) atoms. The molecular weight excluding hydrogens is 978 g/mol. The Kier molecular flexibility index (Phi) is 29.1. The van der Waals surface area contributed by atoms with Crippen molar-refractivity contribution in [2.75, 3.05) is 38.1 Å². The van der Waals surface area contributed by atoms with E-state index in [1.54, 1.807) is 4.90 Å². The topological polar surface area (TPSA) is 255 Å². The number of alkyl carbamates (subject to hydrolysis) is 2. The van der Waals surface area contributed by atoms with Crippen LogP contribution in [0, 0.1) is 17.2 Å². The third-order valence-electron chi connectivity index (χ3n) is 11.6. The monoisotopic (exact) mass is 1060 g/mol. The third kappa shape index (κ3) is 26.0. The Morgan fingerprint density at radius 3 is 1.57 bits per heavy atom. The highest BCUT2D eigenvalue weighted by atomic mass is 35.5. The minimum Gasteiger partial charge on any atom is -0.445 e. The van der Waals surface area contributed by atoms with Gasteiger partial charge in [-0.15, -0.1) is 12.4 Å². The molecule has 0 heterocycles. The summed E-state index contributed by atoms with van der Waals surface area (Å²) in [5.74, 6) is -1.43. The molecule has 408 valence electrons. The lowest BCUT2D eigenvalue weighted by molar-refractivity contribution is -0.134. The van der Waals surface area contributed by atoms with E-state index in [0.717, 1.165) is 22.3 Å². The highest BCUT2D eigenvalue weighted by Crippen LogP contribution is 2.14. The summed E-state index contributed by atoms with van der Waals surface area (Å²) in [6, 6.07) is 32.7. The number of nitrogens with one attached hydrogen (secondary N) is 7. The zero-order valence-electron chi connectivity index (χ0n) is 43.8. The van der Waals surface area contributed by atoms with Gasteiger partial charge in [0, 0.05) is 38.3 Å². The summed E-state index contributed by atoms with van der Waals surface area (Å²) in [5, 5.41) is 24.3. The van der Waals surface area contributed by atoms with E-state index in [-0.39, 0.29) is 107 Å². The van der Waals surface area contributed by atoms with Crippen LogP contribution in [0.4, 0.5) is 15.3 Å². The van der Waals surface area contributed by atoms with Crippen molar-refractivity contribution in [3.8, 4) is 0 Å². The lowest BCUT2D eigenvalue weighted by Crippen LogP contribution is -2.51. The molecule has 0 fully saturated rings. The summed E-state index contributed by atoms with van der Waals surface area (Å²) in [7, 11) is 0. The lowest BCUT2D eigenvalue weighted by Gasteiger charge is -2.29. The molecule has 0 radical (unpaired) electrons. The quantitative estimate of drug-likeness (QED) is 0.0136. The van der Waals surface area contributed by atoms with Gasteiger partial charge in [0.1, 0.15) is 31.3 Å². The average Bonchev–Trinajstić information content (AvgIpc) is 3.38. The normalized spacial score (nSPS) is 12.0. The van der Waals surface area contributed by atoms with Crippen molar-refractivity contribution in [1.82, 2.24) is 31.5 Å². The van der Waals surface area contributed by atoms with E-state index in [9.17, 15) is 28.8 Å². The standard InChI is InChI=1S/C56H77N9O9.ClH/c1-40(2)34-47(63-55(70)73-37-44-20-10-6-11-21-44)51(67)60-31-17-33-65(53(69)48(35-41(3)4)64-56(71)74-38-45-22-12-7-13-23-45)32-15-14-30-59-52(68)49(39-72-36-43-18-8-5-9-19-43)62-50(66)25-16-24-42-26-28-46(29-27-42)61-54(57)58;/h5-13,18-23,26-29,40-41,47-49H,14-17,24-25,30-39H2,1-4H3,(H,59,68)(H,60,67)(H,62,66)(H,63,70)(H,64,71)(H4,57,58,61);1H/t47-,48-,49-;/m0./s1. The molecule has 18 nitrogen and oxygen atoms in total. The van der Waals surface area contributed by atoms with Crippen LogP contribution in [0.25, 0.3) is 0 Å². The molecule has 0 aliphatic heterocycles. The number of hydrogen-bond acceptors (Lipinski definition) is 10. The predicted octanol–water partition coefficient (Wildman–Crippen LogP) is 7.35. The highest BCUT2D eigenvalue weighted by Gasteiger charge is 2.28. The van der Waals surface area contributed by atoms with Gasteiger partial charge in [0.2, 0.25) is 23.6 Å². The highest BCUT2D eigenvalue weighted by molar-refractivity contribution is 5.90. The Balaban J connectivity index is 0.0000148. The number of hydrogen-bond donors (Lipinski definition) is 8. The molecule has 0 saturated carbocycles. The first-order valence-corrected chi connectivity index (χ1v) is 25.5. The van der Waals surface area contributed by atoms with Gasteiger partial charge in [0.15, 0.2) is 5.96 Å². The fraction of sp³-hybridized carbons (Fsp3) is 0.446. The van der Waals surface area contributed by atoms with Gasteiger partial charge in [-0.05, 0) is 91.2 Å². The molecule has 4 aromatic rings. The van der Waals surface area contributed by atoms with Gasteiger partial charge in [0.05, 0.1) is 13.2 Å². The number of aryl methyl sites for hydroxylation is 1. The summed E-state index contributed by atoms with van der Waals surface area (Å²) in [5.41, 5.74) is 9.65. The van der Waals surface area contributed by atoms with Crippen LogP contribution in [0.15, 0.2) is 115 Å². The van der Waals surface area contributed by atoms with Crippen LogP contribution in [-0.2, 0) is 59.6 Å². The van der Waals surface area contributed by atoms with Gasteiger partial charge in [-0.25, -0.2) is 9.59 Å². The molecule has 4 aromatic carbocycles. The van der Waals surface area contributed by atoms with Crippen molar-refractivity contribution in [1.29, 1.82) is 5.41 Å². The molecule has 0 spiro atoms. The Morgan fingerprint density at radius 2 is 1.04 bits per heavy atom. The smallest absolute Gasteiger partial charge is 0.408 e. The zero-order chi connectivity index (χ0) is 53.5. The van der Waals surface area contributed by atoms with Crippen molar-refractivity contribution >= 4 is 59.9 Å². The van der Waals surface area contributed by atoms with Crippen LogP contribution in [0.1, 0.15) is 94.9 Å². The maximum absolute atomic E-state index is 14.4. The van der Waals surface area contributed by atoms with E-state index >= 15 is 0 Å². The molecule has 4 rings (SSSR count). The first-order chi connectivity index (χ1) is 35.6. The summed E-state index contributed by atoms with van der Waals surface area (Å²) in [6.07, 6.45) is 1.95. The number of carbonyl (C=O) groups excluding carboxylic acids is 6. The molecule has 9 N–H and O–H groups in total. The fourth-order valence-electron chi connectivity index (χ4n) is 7.81. The van der Waals surface area contributed by atoms with Crippen LogP contribution in [0.2, 0.25) is 0 Å².